The molecule has 1 aromatic rings. The summed E-state index contributed by atoms with van der Waals surface area (Å²) in [5.41, 5.74) is 0.337. The Bertz CT molecular complexity index is 569. The van der Waals surface area contributed by atoms with Gasteiger partial charge in [0, 0.05) is 7.05 Å². The topological polar surface area (TPSA) is 95.9 Å². The molecule has 0 aromatic heterocycles. The van der Waals surface area contributed by atoms with E-state index in [0.717, 1.165) is 4.31 Å². The Kier molecular flexibility index (Phi) is 5.98. The van der Waals surface area contributed by atoms with Gasteiger partial charge < -0.3 is 9.84 Å². The highest BCUT2D eigenvalue weighted by atomic mass is 32.2. The van der Waals surface area contributed by atoms with Crippen LogP contribution >= 0.6 is 0 Å². The van der Waals surface area contributed by atoms with Crippen LogP contribution in [0.15, 0.2) is 24.3 Å². The molecule has 1 rings (SSSR count). The van der Waals surface area contributed by atoms with Crippen LogP contribution in [0.25, 0.3) is 0 Å². The second kappa shape index (κ2) is 7.28. The quantitative estimate of drug-likeness (QED) is 0.755. The van der Waals surface area contributed by atoms with Crippen molar-refractivity contribution >= 4 is 21.9 Å². The zero-order valence-corrected chi connectivity index (χ0v) is 13.1. The SMILES string of the molecule is CC(C)COc1ccc(NS(=O)(=O)N(C)CC(=O)O)cc1. The number of carbonyl (C=O) groups is 1. The highest BCUT2D eigenvalue weighted by Crippen LogP contribution is 2.18. The fourth-order valence-corrected chi connectivity index (χ4v) is 2.25. The van der Waals surface area contributed by atoms with Gasteiger partial charge in [0.05, 0.1) is 12.3 Å². The third-order valence-corrected chi connectivity index (χ3v) is 3.90. The predicted octanol–water partition coefficient (Wildman–Crippen LogP) is 1.39. The number of aliphatic carboxylic acids is 1. The Hall–Kier alpha value is -1.80. The van der Waals surface area contributed by atoms with Crippen LogP contribution in [0.2, 0.25) is 0 Å². The number of likely N-dealkylation sites (N-methyl/N-ethyl adjacent to an activating group) is 1. The van der Waals surface area contributed by atoms with Crippen molar-refractivity contribution in [2.24, 2.45) is 5.92 Å². The maximum absolute atomic E-state index is 11.9. The molecule has 0 atom stereocenters. The van der Waals surface area contributed by atoms with Crippen molar-refractivity contribution < 1.29 is 23.1 Å². The molecule has 0 saturated heterocycles. The summed E-state index contributed by atoms with van der Waals surface area (Å²) in [5.74, 6) is -0.182. The summed E-state index contributed by atoms with van der Waals surface area (Å²) in [4.78, 5) is 10.5. The molecular formula is C13H20N2O5S. The van der Waals surface area contributed by atoms with E-state index in [-0.39, 0.29) is 0 Å². The fraction of sp³-hybridized carbons (Fsp3) is 0.462. The largest absolute Gasteiger partial charge is 0.493 e. The Balaban J connectivity index is 2.68. The second-order valence-electron chi connectivity index (χ2n) is 4.99. The van der Waals surface area contributed by atoms with Gasteiger partial charge >= 0.3 is 16.2 Å². The van der Waals surface area contributed by atoms with E-state index in [0.29, 0.717) is 24.0 Å². The summed E-state index contributed by atoms with van der Waals surface area (Å²) in [6.45, 7) is 4.03. The lowest BCUT2D eigenvalue weighted by atomic mass is 10.2. The Labute approximate surface area is 124 Å². The van der Waals surface area contributed by atoms with Crippen LogP contribution in [-0.2, 0) is 15.0 Å². The van der Waals surface area contributed by atoms with Gasteiger partial charge in [-0.15, -0.1) is 0 Å². The molecule has 0 aliphatic heterocycles. The number of nitrogens with zero attached hydrogens (tertiary/aromatic N) is 1. The van der Waals surface area contributed by atoms with E-state index in [2.05, 4.69) is 4.72 Å². The lowest BCUT2D eigenvalue weighted by Crippen LogP contribution is -2.36. The predicted molar refractivity (Wildman–Crippen MR) is 79.6 cm³/mol. The maximum Gasteiger partial charge on any atom is 0.318 e. The summed E-state index contributed by atoms with van der Waals surface area (Å²) >= 11 is 0. The molecule has 0 spiro atoms. The summed E-state index contributed by atoms with van der Waals surface area (Å²) < 4.78 is 32.2. The van der Waals surface area contributed by atoms with Crippen LogP contribution in [0.5, 0.6) is 5.75 Å². The van der Waals surface area contributed by atoms with Gasteiger partial charge in [0.15, 0.2) is 0 Å². The number of ether oxygens (including phenoxy) is 1. The number of hydrogen-bond donors (Lipinski definition) is 2. The third kappa shape index (κ3) is 6.01. The van der Waals surface area contributed by atoms with Crippen LogP contribution in [0.1, 0.15) is 13.8 Å². The van der Waals surface area contributed by atoms with Crippen LogP contribution < -0.4 is 9.46 Å². The molecule has 0 radical (unpaired) electrons. The fourth-order valence-electron chi connectivity index (χ4n) is 1.38. The molecule has 0 aliphatic rings. The van der Waals surface area contributed by atoms with Gasteiger partial charge in [0.2, 0.25) is 0 Å². The number of rotatable bonds is 8. The summed E-state index contributed by atoms with van der Waals surface area (Å²) in [6.07, 6.45) is 0. The van der Waals surface area contributed by atoms with Crippen molar-refractivity contribution in [1.29, 1.82) is 0 Å². The Morgan fingerprint density at radius 3 is 2.38 bits per heavy atom. The molecule has 21 heavy (non-hydrogen) atoms. The molecule has 7 nitrogen and oxygen atoms in total. The zero-order chi connectivity index (χ0) is 16.0. The number of carboxylic acid groups (broad SMARTS) is 1. The monoisotopic (exact) mass is 316 g/mol. The first-order valence-electron chi connectivity index (χ1n) is 6.39. The molecule has 118 valence electrons. The first-order valence-corrected chi connectivity index (χ1v) is 7.83. The summed E-state index contributed by atoms with van der Waals surface area (Å²) in [7, 11) is -2.69. The van der Waals surface area contributed by atoms with Crippen molar-refractivity contribution in [3.8, 4) is 5.75 Å². The number of nitrogens with one attached hydrogen (secondary N) is 1. The van der Waals surface area contributed by atoms with Crippen molar-refractivity contribution in [3.63, 3.8) is 0 Å². The summed E-state index contributed by atoms with van der Waals surface area (Å²) in [6, 6.07) is 6.42. The minimum Gasteiger partial charge on any atom is -0.493 e. The Morgan fingerprint density at radius 2 is 1.90 bits per heavy atom. The minimum absolute atomic E-state index is 0.337. The highest BCUT2D eigenvalue weighted by molar-refractivity contribution is 7.90. The molecular weight excluding hydrogens is 296 g/mol. The molecule has 2 N–H and O–H groups in total. The van der Waals surface area contributed by atoms with Gasteiger partial charge in [0.1, 0.15) is 12.3 Å². The molecule has 0 saturated carbocycles. The first kappa shape index (κ1) is 17.3. The molecule has 0 aliphatic carbocycles. The van der Waals surface area contributed by atoms with Crippen molar-refractivity contribution in [2.75, 3.05) is 24.9 Å². The first-order chi connectivity index (χ1) is 9.70. The van der Waals surface area contributed by atoms with E-state index in [9.17, 15) is 13.2 Å². The second-order valence-corrected chi connectivity index (χ2v) is 6.76. The highest BCUT2D eigenvalue weighted by Gasteiger charge is 2.19. The van der Waals surface area contributed by atoms with E-state index in [4.69, 9.17) is 9.84 Å². The number of hydrogen-bond acceptors (Lipinski definition) is 4. The molecule has 0 amide bonds. The van der Waals surface area contributed by atoms with Gasteiger partial charge in [-0.05, 0) is 30.2 Å². The molecule has 0 bridgehead atoms. The minimum atomic E-state index is -3.89. The molecule has 0 unspecified atom stereocenters. The van der Waals surface area contributed by atoms with Crippen LogP contribution in [0.4, 0.5) is 5.69 Å². The van der Waals surface area contributed by atoms with Gasteiger partial charge in [-0.3, -0.25) is 9.52 Å². The lowest BCUT2D eigenvalue weighted by molar-refractivity contribution is -0.137. The van der Waals surface area contributed by atoms with E-state index < -0.39 is 22.7 Å². The molecule has 1 aromatic carbocycles. The zero-order valence-electron chi connectivity index (χ0n) is 12.2. The van der Waals surface area contributed by atoms with Gasteiger partial charge in [-0.25, -0.2) is 0 Å². The van der Waals surface area contributed by atoms with E-state index in [1.165, 1.54) is 7.05 Å². The van der Waals surface area contributed by atoms with Crippen LogP contribution in [0.3, 0.4) is 0 Å². The van der Waals surface area contributed by atoms with Crippen molar-refractivity contribution in [3.05, 3.63) is 24.3 Å². The standard InChI is InChI=1S/C13H20N2O5S/c1-10(2)9-20-12-6-4-11(5-7-12)14-21(18,19)15(3)8-13(16)17/h4-7,10,14H,8-9H2,1-3H3,(H,16,17). The molecule has 0 heterocycles. The van der Waals surface area contributed by atoms with Crippen molar-refractivity contribution in [2.45, 2.75) is 13.8 Å². The van der Waals surface area contributed by atoms with E-state index in [1.54, 1.807) is 24.3 Å². The average Bonchev–Trinajstić information content (AvgIpc) is 2.36. The number of anilines is 1. The lowest BCUT2D eigenvalue weighted by Gasteiger charge is -2.16. The summed E-state index contributed by atoms with van der Waals surface area (Å²) in [5, 5.41) is 8.60. The van der Waals surface area contributed by atoms with Crippen LogP contribution in [0, 0.1) is 5.92 Å². The van der Waals surface area contributed by atoms with E-state index >= 15 is 0 Å². The van der Waals surface area contributed by atoms with Crippen molar-refractivity contribution in [1.82, 2.24) is 4.31 Å². The number of carboxylic acids is 1. The molecule has 8 heteroatoms. The number of benzene rings is 1. The maximum atomic E-state index is 11.9. The van der Waals surface area contributed by atoms with Crippen LogP contribution in [-0.4, -0.2) is 44.0 Å². The molecule has 0 fully saturated rings. The van der Waals surface area contributed by atoms with Gasteiger partial charge in [0.25, 0.3) is 0 Å². The van der Waals surface area contributed by atoms with Gasteiger partial charge in [-0.2, -0.15) is 12.7 Å². The van der Waals surface area contributed by atoms with E-state index in [1.807, 2.05) is 13.8 Å². The third-order valence-electron chi connectivity index (χ3n) is 2.45. The average molecular weight is 316 g/mol. The van der Waals surface area contributed by atoms with Gasteiger partial charge in [-0.1, -0.05) is 13.8 Å². The smallest absolute Gasteiger partial charge is 0.318 e. The Morgan fingerprint density at radius 1 is 1.33 bits per heavy atom. The normalized spacial score (nSPS) is 11.7.